The fourth-order valence-corrected chi connectivity index (χ4v) is 3.34. The molecule has 1 aliphatic rings. The average Bonchev–Trinajstić information content (AvgIpc) is 2.80. The Morgan fingerprint density at radius 1 is 1.29 bits per heavy atom. The van der Waals surface area contributed by atoms with Crippen molar-refractivity contribution in [3.63, 3.8) is 0 Å². The van der Waals surface area contributed by atoms with Crippen LogP contribution in [0.25, 0.3) is 0 Å². The van der Waals surface area contributed by atoms with Crippen LogP contribution in [0.1, 0.15) is 48.2 Å². The Labute approximate surface area is 137 Å². The van der Waals surface area contributed by atoms with Crippen LogP contribution in [-0.4, -0.2) is 32.1 Å². The van der Waals surface area contributed by atoms with Gasteiger partial charge >= 0.3 is 0 Å². The van der Waals surface area contributed by atoms with Gasteiger partial charge in [-0.1, -0.05) is 25.7 Å². The molecule has 6 heteroatoms. The van der Waals surface area contributed by atoms with Gasteiger partial charge in [0.25, 0.3) is 5.91 Å². The summed E-state index contributed by atoms with van der Waals surface area (Å²) in [7, 11) is 1.61. The van der Waals surface area contributed by atoms with E-state index in [1.54, 1.807) is 13.2 Å². The Hall–Kier alpha value is -0.780. The van der Waals surface area contributed by atoms with E-state index in [1.165, 1.54) is 49.9 Å². The number of halogens is 1. The number of rotatable bonds is 6. The summed E-state index contributed by atoms with van der Waals surface area (Å²) in [5.74, 6) is 0.734. The van der Waals surface area contributed by atoms with Crippen molar-refractivity contribution in [1.82, 2.24) is 10.6 Å². The fraction of sp³-hybridized carbons (Fsp3) is 0.667. The minimum atomic E-state index is -0.0130. The highest BCUT2D eigenvalue weighted by atomic mass is 35.5. The number of ether oxygens (including phenoxy) is 1. The first kappa shape index (κ1) is 18.3. The number of thiophene rings is 1. The maximum Gasteiger partial charge on any atom is 0.261 e. The monoisotopic (exact) mass is 332 g/mol. The largest absolute Gasteiger partial charge is 0.496 e. The second kappa shape index (κ2) is 10.0. The molecule has 1 aromatic rings. The second-order valence-corrected chi connectivity index (χ2v) is 6.16. The molecule has 0 unspecified atom stereocenters. The number of hydrogen-bond acceptors (Lipinski definition) is 4. The van der Waals surface area contributed by atoms with E-state index in [4.69, 9.17) is 4.74 Å². The molecule has 0 radical (unpaired) electrons. The van der Waals surface area contributed by atoms with Crippen LogP contribution in [0.5, 0.6) is 5.75 Å². The number of carbonyl (C=O) groups is 1. The van der Waals surface area contributed by atoms with Crippen molar-refractivity contribution >= 4 is 29.7 Å². The van der Waals surface area contributed by atoms with E-state index in [-0.39, 0.29) is 18.3 Å². The quantitative estimate of drug-likeness (QED) is 0.621. The van der Waals surface area contributed by atoms with Gasteiger partial charge in [-0.15, -0.1) is 23.7 Å². The predicted octanol–water partition coefficient (Wildman–Crippen LogP) is 3.22. The molecule has 0 saturated heterocycles. The first-order valence-corrected chi connectivity index (χ1v) is 8.31. The van der Waals surface area contributed by atoms with Gasteiger partial charge < -0.3 is 15.4 Å². The summed E-state index contributed by atoms with van der Waals surface area (Å²) in [4.78, 5) is 12.6. The molecule has 1 aliphatic carbocycles. The smallest absolute Gasteiger partial charge is 0.261 e. The molecule has 1 heterocycles. The molecule has 2 rings (SSSR count). The summed E-state index contributed by atoms with van der Waals surface area (Å²) in [5, 5.41) is 8.34. The molecule has 2 N–H and O–H groups in total. The average molecular weight is 333 g/mol. The van der Waals surface area contributed by atoms with Gasteiger partial charge in [0.2, 0.25) is 0 Å². The Morgan fingerprint density at radius 3 is 2.62 bits per heavy atom. The highest BCUT2D eigenvalue weighted by Crippen LogP contribution is 2.20. The van der Waals surface area contributed by atoms with Gasteiger partial charge in [-0.05, 0) is 12.8 Å². The maximum absolute atomic E-state index is 11.9. The molecule has 21 heavy (non-hydrogen) atoms. The zero-order valence-electron chi connectivity index (χ0n) is 12.5. The topological polar surface area (TPSA) is 50.4 Å². The molecule has 0 bridgehead atoms. The highest BCUT2D eigenvalue weighted by Gasteiger charge is 2.12. The molecule has 1 aromatic heterocycles. The van der Waals surface area contributed by atoms with E-state index in [0.29, 0.717) is 17.5 Å². The van der Waals surface area contributed by atoms with E-state index < -0.39 is 0 Å². The van der Waals surface area contributed by atoms with Crippen molar-refractivity contribution in [3.8, 4) is 5.75 Å². The standard InChI is InChI=1S/C15H24N2O2S.ClH/c1-19-13-10-14(20-11-13)15(18)17-9-8-16-12-6-4-2-3-5-7-12;/h10-12,16H,2-9H2,1H3,(H,17,18);1H. The fourth-order valence-electron chi connectivity index (χ4n) is 2.57. The summed E-state index contributed by atoms with van der Waals surface area (Å²) >= 11 is 1.41. The van der Waals surface area contributed by atoms with Crippen molar-refractivity contribution < 1.29 is 9.53 Å². The van der Waals surface area contributed by atoms with Gasteiger partial charge in [-0.3, -0.25) is 4.79 Å². The lowest BCUT2D eigenvalue weighted by molar-refractivity contribution is 0.0957. The number of nitrogens with one attached hydrogen (secondary N) is 2. The Kier molecular flexibility index (Phi) is 8.73. The van der Waals surface area contributed by atoms with Crippen LogP contribution in [-0.2, 0) is 0 Å². The predicted molar refractivity (Wildman–Crippen MR) is 89.9 cm³/mol. The second-order valence-electron chi connectivity index (χ2n) is 5.25. The Balaban J connectivity index is 0.00000220. The first-order chi connectivity index (χ1) is 9.79. The van der Waals surface area contributed by atoms with E-state index in [2.05, 4.69) is 10.6 Å². The maximum atomic E-state index is 11.9. The molecule has 1 amide bonds. The van der Waals surface area contributed by atoms with Crippen molar-refractivity contribution in [3.05, 3.63) is 16.3 Å². The van der Waals surface area contributed by atoms with Gasteiger partial charge in [0, 0.05) is 30.6 Å². The molecule has 1 saturated carbocycles. The summed E-state index contributed by atoms with van der Waals surface area (Å²) in [6, 6.07) is 2.41. The molecule has 0 aliphatic heterocycles. The van der Waals surface area contributed by atoms with Crippen LogP contribution < -0.4 is 15.4 Å². The van der Waals surface area contributed by atoms with Crippen LogP contribution in [0.4, 0.5) is 0 Å². The zero-order valence-corrected chi connectivity index (χ0v) is 14.2. The minimum Gasteiger partial charge on any atom is -0.496 e. The van der Waals surface area contributed by atoms with Gasteiger partial charge in [0.05, 0.1) is 12.0 Å². The van der Waals surface area contributed by atoms with Crippen molar-refractivity contribution in [2.24, 2.45) is 0 Å². The normalized spacial score (nSPS) is 15.9. The highest BCUT2D eigenvalue weighted by molar-refractivity contribution is 7.12. The molecule has 0 spiro atoms. The minimum absolute atomic E-state index is 0. The molecule has 0 atom stereocenters. The summed E-state index contributed by atoms with van der Waals surface area (Å²) < 4.78 is 5.08. The van der Waals surface area contributed by atoms with Gasteiger partial charge in [0.15, 0.2) is 0 Å². The molecule has 120 valence electrons. The summed E-state index contributed by atoms with van der Waals surface area (Å²) in [6.07, 6.45) is 7.95. The SMILES string of the molecule is COc1csc(C(=O)NCCNC2CCCCCC2)c1.Cl. The van der Waals surface area contributed by atoms with Gasteiger partial charge in [0.1, 0.15) is 5.75 Å². The van der Waals surface area contributed by atoms with Crippen LogP contribution in [0.2, 0.25) is 0 Å². The zero-order chi connectivity index (χ0) is 14.2. The van der Waals surface area contributed by atoms with E-state index in [9.17, 15) is 4.79 Å². The van der Waals surface area contributed by atoms with Crippen LogP contribution in [0.15, 0.2) is 11.4 Å². The lowest BCUT2D eigenvalue weighted by Crippen LogP contribution is -2.36. The van der Waals surface area contributed by atoms with E-state index in [0.717, 1.165) is 12.3 Å². The number of amides is 1. The lowest BCUT2D eigenvalue weighted by atomic mass is 10.1. The third-order valence-electron chi connectivity index (χ3n) is 3.73. The Bertz CT molecular complexity index is 418. The molecular formula is C15H25ClN2O2S. The molecule has 1 fully saturated rings. The van der Waals surface area contributed by atoms with Crippen molar-refractivity contribution in [1.29, 1.82) is 0 Å². The van der Waals surface area contributed by atoms with Crippen LogP contribution in [0.3, 0.4) is 0 Å². The number of methoxy groups -OCH3 is 1. The third-order valence-corrected chi connectivity index (χ3v) is 4.64. The number of carbonyl (C=O) groups excluding carboxylic acids is 1. The third kappa shape index (κ3) is 6.24. The molecular weight excluding hydrogens is 308 g/mol. The van der Waals surface area contributed by atoms with Gasteiger partial charge in [-0.25, -0.2) is 0 Å². The van der Waals surface area contributed by atoms with Gasteiger partial charge in [-0.2, -0.15) is 0 Å². The first-order valence-electron chi connectivity index (χ1n) is 7.43. The summed E-state index contributed by atoms with van der Waals surface area (Å²) in [5.41, 5.74) is 0. The van der Waals surface area contributed by atoms with Crippen molar-refractivity contribution in [2.75, 3.05) is 20.2 Å². The van der Waals surface area contributed by atoms with E-state index in [1.807, 2.05) is 5.38 Å². The molecule has 0 aromatic carbocycles. The Morgan fingerprint density at radius 2 is 2.00 bits per heavy atom. The summed E-state index contributed by atoms with van der Waals surface area (Å²) in [6.45, 7) is 1.52. The van der Waals surface area contributed by atoms with Crippen molar-refractivity contribution in [2.45, 2.75) is 44.6 Å². The lowest BCUT2D eigenvalue weighted by Gasteiger charge is -2.16. The molecule has 4 nitrogen and oxygen atoms in total. The van der Waals surface area contributed by atoms with Crippen LogP contribution in [0, 0.1) is 0 Å². The number of hydrogen-bond donors (Lipinski definition) is 2. The van der Waals surface area contributed by atoms with E-state index >= 15 is 0 Å². The van der Waals surface area contributed by atoms with Crippen LogP contribution >= 0.6 is 23.7 Å².